The lowest BCUT2D eigenvalue weighted by Crippen LogP contribution is -2.36. The molecule has 3 nitrogen and oxygen atoms in total. The van der Waals surface area contributed by atoms with Crippen molar-refractivity contribution in [2.24, 2.45) is 0 Å². The maximum absolute atomic E-state index is 5.73. The molecule has 0 radical (unpaired) electrons. The Bertz CT molecular complexity index is 346. The molecule has 1 aromatic rings. The van der Waals surface area contributed by atoms with E-state index < -0.39 is 0 Å². The smallest absolute Gasteiger partial charge is 0.0779 e. The molecule has 0 bridgehead atoms. The van der Waals surface area contributed by atoms with Crippen LogP contribution in [0.5, 0.6) is 0 Å². The topological polar surface area (TPSA) is 34.2 Å². The van der Waals surface area contributed by atoms with Gasteiger partial charge in [-0.25, -0.2) is 0 Å². The van der Waals surface area contributed by atoms with Crippen molar-refractivity contribution in [2.75, 3.05) is 13.2 Å². The van der Waals surface area contributed by atoms with E-state index in [2.05, 4.69) is 24.1 Å². The van der Waals surface area contributed by atoms with Gasteiger partial charge in [-0.2, -0.15) is 0 Å². The Kier molecular flexibility index (Phi) is 3.56. The molecule has 0 aliphatic carbocycles. The molecular weight excluding hydrogens is 200 g/mol. The van der Waals surface area contributed by atoms with Gasteiger partial charge in [0.05, 0.1) is 5.60 Å². The van der Waals surface area contributed by atoms with Crippen molar-refractivity contribution in [3.05, 3.63) is 29.6 Å². The van der Waals surface area contributed by atoms with Crippen molar-refractivity contribution in [3.8, 4) is 0 Å². The molecule has 0 spiro atoms. The highest BCUT2D eigenvalue weighted by Gasteiger charge is 2.28. The molecule has 1 fully saturated rings. The Labute approximate surface area is 97.2 Å². The van der Waals surface area contributed by atoms with Crippen molar-refractivity contribution in [1.82, 2.24) is 10.3 Å². The van der Waals surface area contributed by atoms with Crippen molar-refractivity contribution in [1.29, 1.82) is 0 Å². The number of rotatable bonds is 4. The van der Waals surface area contributed by atoms with E-state index in [0.29, 0.717) is 0 Å². The van der Waals surface area contributed by atoms with Crippen LogP contribution >= 0.6 is 0 Å². The summed E-state index contributed by atoms with van der Waals surface area (Å²) in [5.74, 6) is 0. The van der Waals surface area contributed by atoms with Gasteiger partial charge < -0.3 is 10.1 Å². The molecular formula is C13H20N2O. The third kappa shape index (κ3) is 2.80. The summed E-state index contributed by atoms with van der Waals surface area (Å²) in [5, 5.41) is 3.46. The van der Waals surface area contributed by atoms with Crippen molar-refractivity contribution in [2.45, 2.75) is 38.8 Å². The molecule has 2 rings (SSSR count). The Morgan fingerprint density at radius 3 is 3.12 bits per heavy atom. The molecule has 1 aliphatic heterocycles. The lowest BCUT2D eigenvalue weighted by Gasteiger charge is -2.23. The molecule has 0 amide bonds. The maximum Gasteiger partial charge on any atom is 0.0779 e. The minimum Gasteiger partial charge on any atom is -0.374 e. The fraction of sp³-hybridized carbons (Fsp3) is 0.615. The summed E-state index contributed by atoms with van der Waals surface area (Å²) in [6.45, 7) is 7.00. The van der Waals surface area contributed by atoms with E-state index in [-0.39, 0.29) is 5.60 Å². The number of pyridine rings is 1. The van der Waals surface area contributed by atoms with E-state index in [9.17, 15) is 0 Å². The molecule has 1 unspecified atom stereocenters. The van der Waals surface area contributed by atoms with Gasteiger partial charge in [0.15, 0.2) is 0 Å². The number of aryl methyl sites for hydroxylation is 1. The van der Waals surface area contributed by atoms with E-state index in [1.807, 2.05) is 18.5 Å². The lowest BCUT2D eigenvalue weighted by atomic mass is 10.0. The van der Waals surface area contributed by atoms with Gasteiger partial charge in [-0.3, -0.25) is 4.98 Å². The summed E-state index contributed by atoms with van der Waals surface area (Å²) in [7, 11) is 0. The molecule has 1 aromatic heterocycles. The molecule has 2 heterocycles. The highest BCUT2D eigenvalue weighted by Crippen LogP contribution is 2.23. The zero-order valence-electron chi connectivity index (χ0n) is 10.1. The second-order valence-corrected chi connectivity index (χ2v) is 4.81. The van der Waals surface area contributed by atoms with E-state index in [1.165, 1.54) is 17.5 Å². The van der Waals surface area contributed by atoms with Crippen LogP contribution in [0, 0.1) is 6.92 Å². The first kappa shape index (κ1) is 11.6. The number of ether oxygens (including phenoxy) is 1. The van der Waals surface area contributed by atoms with E-state index in [1.54, 1.807) is 0 Å². The predicted molar refractivity (Wildman–Crippen MR) is 64.3 cm³/mol. The van der Waals surface area contributed by atoms with Gasteiger partial charge >= 0.3 is 0 Å². The van der Waals surface area contributed by atoms with Crippen LogP contribution in [0.1, 0.15) is 30.9 Å². The monoisotopic (exact) mass is 220 g/mol. The number of hydrogen-bond acceptors (Lipinski definition) is 3. The second-order valence-electron chi connectivity index (χ2n) is 4.81. The highest BCUT2D eigenvalue weighted by molar-refractivity contribution is 5.21. The summed E-state index contributed by atoms with van der Waals surface area (Å²) in [5.41, 5.74) is 2.60. The fourth-order valence-electron chi connectivity index (χ4n) is 2.12. The number of hydrogen-bond donors (Lipinski definition) is 1. The molecule has 16 heavy (non-hydrogen) atoms. The first-order chi connectivity index (χ1) is 7.70. The van der Waals surface area contributed by atoms with Crippen molar-refractivity contribution < 1.29 is 4.74 Å². The SMILES string of the molecule is Cc1ccncc1CNCC1(C)CCCO1. The van der Waals surface area contributed by atoms with Crippen LogP contribution in [0.3, 0.4) is 0 Å². The van der Waals surface area contributed by atoms with Gasteiger partial charge in [0.1, 0.15) is 0 Å². The average Bonchev–Trinajstić information content (AvgIpc) is 2.68. The van der Waals surface area contributed by atoms with Crippen LogP contribution < -0.4 is 5.32 Å². The van der Waals surface area contributed by atoms with E-state index in [4.69, 9.17) is 4.74 Å². The predicted octanol–water partition coefficient (Wildman–Crippen LogP) is 2.05. The summed E-state index contributed by atoms with van der Waals surface area (Å²) in [6, 6.07) is 2.05. The molecule has 1 atom stereocenters. The first-order valence-corrected chi connectivity index (χ1v) is 5.94. The van der Waals surface area contributed by atoms with Gasteiger partial charge in [0.2, 0.25) is 0 Å². The summed E-state index contributed by atoms with van der Waals surface area (Å²) < 4.78 is 5.73. The van der Waals surface area contributed by atoms with Gasteiger partial charge in [-0.1, -0.05) is 0 Å². The van der Waals surface area contributed by atoms with Crippen LogP contribution in [0.2, 0.25) is 0 Å². The first-order valence-electron chi connectivity index (χ1n) is 5.94. The summed E-state index contributed by atoms with van der Waals surface area (Å²) in [6.07, 6.45) is 6.11. The zero-order chi connectivity index (χ0) is 11.4. The third-order valence-corrected chi connectivity index (χ3v) is 3.26. The summed E-state index contributed by atoms with van der Waals surface area (Å²) in [4.78, 5) is 4.14. The number of aromatic nitrogens is 1. The molecule has 1 saturated heterocycles. The van der Waals surface area contributed by atoms with Gasteiger partial charge in [0, 0.05) is 32.1 Å². The Hall–Kier alpha value is -0.930. The van der Waals surface area contributed by atoms with Crippen molar-refractivity contribution >= 4 is 0 Å². The molecule has 88 valence electrons. The summed E-state index contributed by atoms with van der Waals surface area (Å²) >= 11 is 0. The Morgan fingerprint density at radius 2 is 2.44 bits per heavy atom. The van der Waals surface area contributed by atoms with E-state index >= 15 is 0 Å². The molecule has 1 N–H and O–H groups in total. The number of nitrogens with zero attached hydrogens (tertiary/aromatic N) is 1. The van der Waals surface area contributed by atoms with Crippen LogP contribution in [-0.4, -0.2) is 23.7 Å². The highest BCUT2D eigenvalue weighted by atomic mass is 16.5. The van der Waals surface area contributed by atoms with E-state index in [0.717, 1.165) is 26.1 Å². The van der Waals surface area contributed by atoms with Gasteiger partial charge in [0.25, 0.3) is 0 Å². The van der Waals surface area contributed by atoms with Gasteiger partial charge in [-0.15, -0.1) is 0 Å². The standard InChI is InChI=1S/C13H20N2O/c1-11-4-6-14-8-12(11)9-15-10-13(2)5-3-7-16-13/h4,6,8,15H,3,5,7,9-10H2,1-2H3. The molecule has 1 aliphatic rings. The molecule has 0 aromatic carbocycles. The quantitative estimate of drug-likeness (QED) is 0.843. The van der Waals surface area contributed by atoms with Crippen LogP contribution in [0.25, 0.3) is 0 Å². The zero-order valence-corrected chi connectivity index (χ0v) is 10.1. The minimum atomic E-state index is 0.0378. The van der Waals surface area contributed by atoms with Crippen LogP contribution in [0.15, 0.2) is 18.5 Å². The Morgan fingerprint density at radius 1 is 1.56 bits per heavy atom. The molecule has 0 saturated carbocycles. The average molecular weight is 220 g/mol. The second kappa shape index (κ2) is 4.93. The van der Waals surface area contributed by atoms with Crippen LogP contribution in [-0.2, 0) is 11.3 Å². The number of nitrogens with one attached hydrogen (secondary N) is 1. The van der Waals surface area contributed by atoms with Crippen LogP contribution in [0.4, 0.5) is 0 Å². The maximum atomic E-state index is 5.73. The van der Waals surface area contributed by atoms with Gasteiger partial charge in [-0.05, 0) is 43.9 Å². The minimum absolute atomic E-state index is 0.0378. The lowest BCUT2D eigenvalue weighted by molar-refractivity contribution is 0.0206. The third-order valence-electron chi connectivity index (χ3n) is 3.26. The largest absolute Gasteiger partial charge is 0.374 e. The Balaban J connectivity index is 1.82. The molecule has 3 heteroatoms. The fourth-order valence-corrected chi connectivity index (χ4v) is 2.12. The van der Waals surface area contributed by atoms with Crippen molar-refractivity contribution in [3.63, 3.8) is 0 Å². The normalized spacial score (nSPS) is 24.9.